The number of ketones is 1. The maximum atomic E-state index is 13.5. The first kappa shape index (κ1) is 24.0. The van der Waals surface area contributed by atoms with Crippen molar-refractivity contribution in [3.05, 3.63) is 70.4 Å². The molecule has 0 radical (unpaired) electrons. The maximum Gasteiger partial charge on any atom is 0.367 e. The fourth-order valence-corrected chi connectivity index (χ4v) is 3.83. The number of nitrogens with one attached hydrogen (secondary N) is 1. The van der Waals surface area contributed by atoms with Crippen molar-refractivity contribution in [2.75, 3.05) is 13.2 Å². The second-order valence-corrected chi connectivity index (χ2v) is 7.36. The van der Waals surface area contributed by atoms with Gasteiger partial charge in [0.1, 0.15) is 0 Å². The summed E-state index contributed by atoms with van der Waals surface area (Å²) in [7, 11) is 0. The molecular formula is C24H22ClNO7. The first-order valence-corrected chi connectivity index (χ1v) is 10.6. The van der Waals surface area contributed by atoms with Gasteiger partial charge in [0.05, 0.1) is 29.5 Å². The minimum atomic E-state index is -2.72. The molecule has 9 heteroatoms. The number of aromatic nitrogens is 1. The van der Waals surface area contributed by atoms with Gasteiger partial charge in [0.2, 0.25) is 5.78 Å². The third kappa shape index (κ3) is 4.34. The van der Waals surface area contributed by atoms with Crippen molar-refractivity contribution in [2.45, 2.75) is 26.4 Å². The zero-order chi connectivity index (χ0) is 24.2. The molecule has 0 amide bonds. The number of carbonyl (C=O) groups excluding carboxylic acids is 4. The number of aromatic amines is 1. The van der Waals surface area contributed by atoms with Gasteiger partial charge in [-0.15, -0.1) is 0 Å². The lowest BCUT2D eigenvalue weighted by Gasteiger charge is -2.29. The topological polar surface area (TPSA) is 112 Å². The van der Waals surface area contributed by atoms with Gasteiger partial charge in [0.25, 0.3) is 0 Å². The molecule has 3 rings (SSSR count). The highest BCUT2D eigenvalue weighted by atomic mass is 35.5. The molecule has 0 aliphatic rings. The van der Waals surface area contributed by atoms with Gasteiger partial charge in [-0.05, 0) is 26.0 Å². The standard InChI is InChI=1S/C24H22ClNO7/c1-4-31-22(29)24(33-14(3)27,23(30)32-5-2)19-18-16(25)12-9-13-17(18)26-20(19)21(28)15-10-7-6-8-11-15/h6-13,26H,4-5H2,1-3H3. The lowest BCUT2D eigenvalue weighted by molar-refractivity contribution is -0.197. The van der Waals surface area contributed by atoms with Crippen LogP contribution in [0.25, 0.3) is 10.9 Å². The van der Waals surface area contributed by atoms with Gasteiger partial charge in [-0.25, -0.2) is 9.59 Å². The highest BCUT2D eigenvalue weighted by Crippen LogP contribution is 2.41. The van der Waals surface area contributed by atoms with Crippen LogP contribution in [-0.2, 0) is 34.2 Å². The first-order chi connectivity index (χ1) is 15.8. The largest absolute Gasteiger partial charge is 0.462 e. The Morgan fingerprint density at radius 1 is 0.909 bits per heavy atom. The van der Waals surface area contributed by atoms with Crippen LogP contribution in [0.1, 0.15) is 42.4 Å². The number of hydrogen-bond acceptors (Lipinski definition) is 7. The van der Waals surface area contributed by atoms with Crippen molar-refractivity contribution in [3.8, 4) is 0 Å². The second kappa shape index (κ2) is 9.87. The molecule has 1 N–H and O–H groups in total. The monoisotopic (exact) mass is 471 g/mol. The average Bonchev–Trinajstić information content (AvgIpc) is 3.19. The molecule has 0 saturated carbocycles. The van der Waals surface area contributed by atoms with E-state index < -0.39 is 29.3 Å². The molecule has 0 fully saturated rings. The van der Waals surface area contributed by atoms with E-state index in [1.165, 1.54) is 19.9 Å². The summed E-state index contributed by atoms with van der Waals surface area (Å²) in [5.74, 6) is -3.93. The van der Waals surface area contributed by atoms with E-state index in [4.69, 9.17) is 25.8 Å². The minimum absolute atomic E-state index is 0.121. The molecule has 3 aromatic rings. The Morgan fingerprint density at radius 3 is 2.06 bits per heavy atom. The van der Waals surface area contributed by atoms with Crippen molar-refractivity contribution < 1.29 is 33.4 Å². The summed E-state index contributed by atoms with van der Waals surface area (Å²) < 4.78 is 15.7. The van der Waals surface area contributed by atoms with Crippen molar-refractivity contribution in [1.82, 2.24) is 4.98 Å². The average molecular weight is 472 g/mol. The summed E-state index contributed by atoms with van der Waals surface area (Å²) in [5.41, 5.74) is -2.51. The second-order valence-electron chi connectivity index (χ2n) is 6.95. The van der Waals surface area contributed by atoms with Crippen molar-refractivity contribution in [3.63, 3.8) is 0 Å². The van der Waals surface area contributed by atoms with Crippen molar-refractivity contribution in [2.24, 2.45) is 0 Å². The van der Waals surface area contributed by atoms with E-state index in [0.717, 1.165) is 6.92 Å². The van der Waals surface area contributed by atoms with Crippen LogP contribution in [0.3, 0.4) is 0 Å². The number of halogens is 1. The molecule has 1 aromatic heterocycles. The number of hydrogen-bond donors (Lipinski definition) is 1. The summed E-state index contributed by atoms with van der Waals surface area (Å²) in [5, 5.41) is 0.275. The number of ether oxygens (including phenoxy) is 3. The number of esters is 3. The van der Waals surface area contributed by atoms with E-state index in [-0.39, 0.29) is 40.4 Å². The van der Waals surface area contributed by atoms with Gasteiger partial charge >= 0.3 is 23.5 Å². The zero-order valence-corrected chi connectivity index (χ0v) is 19.0. The molecule has 0 bridgehead atoms. The molecule has 172 valence electrons. The first-order valence-electron chi connectivity index (χ1n) is 10.2. The third-order valence-corrected chi connectivity index (χ3v) is 5.13. The Kier molecular flexibility index (Phi) is 7.18. The van der Waals surface area contributed by atoms with Crippen molar-refractivity contribution >= 4 is 46.2 Å². The van der Waals surface area contributed by atoms with E-state index in [1.807, 2.05) is 0 Å². The maximum absolute atomic E-state index is 13.5. The highest BCUT2D eigenvalue weighted by molar-refractivity contribution is 6.36. The molecule has 33 heavy (non-hydrogen) atoms. The van der Waals surface area contributed by atoms with Gasteiger partial charge in [0.15, 0.2) is 0 Å². The number of fused-ring (bicyclic) bond motifs is 1. The van der Waals surface area contributed by atoms with Crippen LogP contribution in [0.5, 0.6) is 0 Å². The summed E-state index contributed by atoms with van der Waals surface area (Å²) in [6.45, 7) is 3.83. The molecule has 2 aromatic carbocycles. The molecular weight excluding hydrogens is 450 g/mol. The Bertz CT molecular complexity index is 1200. The van der Waals surface area contributed by atoms with Crippen LogP contribution in [-0.4, -0.2) is 41.9 Å². The van der Waals surface area contributed by atoms with E-state index in [0.29, 0.717) is 5.52 Å². The van der Waals surface area contributed by atoms with Gasteiger partial charge in [-0.1, -0.05) is 48.0 Å². The molecule has 0 atom stereocenters. The summed E-state index contributed by atoms with van der Waals surface area (Å²) in [4.78, 5) is 55.3. The molecule has 0 saturated heterocycles. The van der Waals surface area contributed by atoms with E-state index >= 15 is 0 Å². The Hall–Kier alpha value is -3.65. The third-order valence-electron chi connectivity index (χ3n) is 4.81. The summed E-state index contributed by atoms with van der Waals surface area (Å²) in [6, 6.07) is 13.0. The number of H-pyrrole nitrogens is 1. The van der Waals surface area contributed by atoms with E-state index in [2.05, 4.69) is 4.98 Å². The molecule has 0 unspecified atom stereocenters. The van der Waals surface area contributed by atoms with Crippen LogP contribution >= 0.6 is 11.6 Å². The summed E-state index contributed by atoms with van der Waals surface area (Å²) in [6.07, 6.45) is 0. The quantitative estimate of drug-likeness (QED) is 0.229. The molecule has 8 nitrogen and oxygen atoms in total. The SMILES string of the molecule is CCOC(=O)C(OC(C)=O)(C(=O)OCC)c1c(C(=O)c2ccccc2)[nH]c2cccc(Cl)c12. The fourth-order valence-electron chi connectivity index (χ4n) is 3.56. The van der Waals surface area contributed by atoms with Gasteiger partial charge < -0.3 is 19.2 Å². The van der Waals surface area contributed by atoms with Crippen LogP contribution in [0.4, 0.5) is 0 Å². The number of benzene rings is 2. The van der Waals surface area contributed by atoms with Crippen LogP contribution in [0.2, 0.25) is 5.02 Å². The van der Waals surface area contributed by atoms with E-state index in [1.54, 1.807) is 42.5 Å². The zero-order valence-electron chi connectivity index (χ0n) is 18.3. The van der Waals surface area contributed by atoms with Crippen molar-refractivity contribution in [1.29, 1.82) is 0 Å². The predicted octanol–water partition coefficient (Wildman–Crippen LogP) is 3.94. The Labute approximate surface area is 194 Å². The number of rotatable bonds is 8. The van der Waals surface area contributed by atoms with Gasteiger partial charge in [0, 0.05) is 23.4 Å². The lowest BCUT2D eigenvalue weighted by atomic mass is 9.88. The van der Waals surface area contributed by atoms with Crippen LogP contribution in [0, 0.1) is 0 Å². The smallest absolute Gasteiger partial charge is 0.367 e. The Morgan fingerprint density at radius 2 is 1.52 bits per heavy atom. The van der Waals surface area contributed by atoms with E-state index in [9.17, 15) is 19.2 Å². The molecule has 0 aliphatic heterocycles. The molecule has 0 spiro atoms. The highest BCUT2D eigenvalue weighted by Gasteiger charge is 2.58. The molecule has 1 heterocycles. The van der Waals surface area contributed by atoms with Gasteiger partial charge in [-0.2, -0.15) is 0 Å². The van der Waals surface area contributed by atoms with Crippen LogP contribution < -0.4 is 0 Å². The normalized spacial score (nSPS) is 11.2. The van der Waals surface area contributed by atoms with Gasteiger partial charge in [-0.3, -0.25) is 9.59 Å². The lowest BCUT2D eigenvalue weighted by Crippen LogP contribution is -2.50. The minimum Gasteiger partial charge on any atom is -0.462 e. The molecule has 0 aliphatic carbocycles. The summed E-state index contributed by atoms with van der Waals surface area (Å²) >= 11 is 6.46. The van der Waals surface area contributed by atoms with Crippen LogP contribution in [0.15, 0.2) is 48.5 Å². The fraction of sp³-hybridized carbons (Fsp3) is 0.250. The number of carbonyl (C=O) groups is 4. The predicted molar refractivity (Wildman–Crippen MR) is 120 cm³/mol. The Balaban J connectivity index is 2.47.